The van der Waals surface area contributed by atoms with Gasteiger partial charge in [-0.25, -0.2) is 4.39 Å². The molecular weight excluding hydrogens is 291 g/mol. The van der Waals surface area contributed by atoms with Crippen molar-refractivity contribution in [2.24, 2.45) is 0 Å². The van der Waals surface area contributed by atoms with E-state index in [0.29, 0.717) is 10.5 Å². The van der Waals surface area contributed by atoms with Crippen molar-refractivity contribution in [3.63, 3.8) is 0 Å². The Morgan fingerprint density at radius 2 is 2.00 bits per heavy atom. The Hall–Kier alpha value is -1.66. The molecule has 0 unspecified atom stereocenters. The minimum atomic E-state index is -0.369. The van der Waals surface area contributed by atoms with Crippen LogP contribution in [0.4, 0.5) is 9.18 Å². The summed E-state index contributed by atoms with van der Waals surface area (Å²) in [6.07, 6.45) is 1.55. The van der Waals surface area contributed by atoms with Crippen molar-refractivity contribution in [3.8, 4) is 0 Å². The molecule has 1 heterocycles. The molecule has 2 amide bonds. The molecule has 0 saturated carbocycles. The summed E-state index contributed by atoms with van der Waals surface area (Å²) < 4.78 is 13.2. The van der Waals surface area contributed by atoms with E-state index in [0.717, 1.165) is 24.9 Å². The Bertz CT molecular complexity index is 585. The summed E-state index contributed by atoms with van der Waals surface area (Å²) in [5.41, 5.74) is 0.573. The SMILES string of the molecule is CCN(CC)CN1C(=O)S/C(=C/c2cccc(F)c2)C1=O. The maximum Gasteiger partial charge on any atom is 0.294 e. The third-order valence-electron chi connectivity index (χ3n) is 3.26. The van der Waals surface area contributed by atoms with Crippen molar-refractivity contribution < 1.29 is 14.0 Å². The highest BCUT2D eigenvalue weighted by molar-refractivity contribution is 8.18. The Morgan fingerprint density at radius 3 is 2.62 bits per heavy atom. The molecule has 1 aliphatic heterocycles. The lowest BCUT2D eigenvalue weighted by Crippen LogP contribution is -2.40. The zero-order valence-electron chi connectivity index (χ0n) is 12.0. The van der Waals surface area contributed by atoms with Crippen LogP contribution in [0, 0.1) is 5.82 Å². The first-order valence-corrected chi connectivity index (χ1v) is 7.60. The number of rotatable bonds is 5. The Labute approximate surface area is 127 Å². The second-order valence-corrected chi connectivity index (χ2v) is 5.60. The number of hydrogen-bond donors (Lipinski definition) is 0. The lowest BCUT2D eigenvalue weighted by atomic mass is 10.2. The van der Waals surface area contributed by atoms with Gasteiger partial charge < -0.3 is 0 Å². The standard InChI is InChI=1S/C15H17FN2O2S/c1-3-17(4-2)10-18-14(19)13(21-15(18)20)9-11-6-5-7-12(16)8-11/h5-9H,3-4,10H2,1-2H3/b13-9+. The summed E-state index contributed by atoms with van der Waals surface area (Å²) in [4.78, 5) is 27.8. The van der Waals surface area contributed by atoms with Crippen molar-refractivity contribution in [1.82, 2.24) is 9.80 Å². The summed E-state index contributed by atoms with van der Waals surface area (Å²) in [6, 6.07) is 5.94. The fourth-order valence-corrected chi connectivity index (χ4v) is 2.82. The van der Waals surface area contributed by atoms with Crippen LogP contribution >= 0.6 is 11.8 Å². The molecule has 0 bridgehead atoms. The lowest BCUT2D eigenvalue weighted by Gasteiger charge is -2.23. The van der Waals surface area contributed by atoms with Gasteiger partial charge >= 0.3 is 0 Å². The minimum Gasteiger partial charge on any atom is -0.286 e. The van der Waals surface area contributed by atoms with Crippen LogP contribution in [0.25, 0.3) is 6.08 Å². The van der Waals surface area contributed by atoms with Crippen LogP contribution in [-0.2, 0) is 4.79 Å². The molecule has 0 atom stereocenters. The first kappa shape index (κ1) is 15.7. The summed E-state index contributed by atoms with van der Waals surface area (Å²) in [6.45, 7) is 5.77. The number of hydrogen-bond acceptors (Lipinski definition) is 4. The van der Waals surface area contributed by atoms with Gasteiger partial charge in [0.2, 0.25) is 0 Å². The zero-order chi connectivity index (χ0) is 15.4. The largest absolute Gasteiger partial charge is 0.294 e. The van der Waals surface area contributed by atoms with Gasteiger partial charge in [-0.05, 0) is 48.6 Å². The smallest absolute Gasteiger partial charge is 0.286 e. The number of carbonyl (C=O) groups excluding carboxylic acids is 2. The quantitative estimate of drug-likeness (QED) is 0.784. The number of halogens is 1. The molecule has 0 aliphatic carbocycles. The molecule has 0 aromatic heterocycles. The van der Waals surface area contributed by atoms with Gasteiger partial charge in [0.05, 0.1) is 11.6 Å². The maximum absolute atomic E-state index is 13.2. The van der Waals surface area contributed by atoms with E-state index < -0.39 is 0 Å². The molecule has 0 spiro atoms. The van der Waals surface area contributed by atoms with Gasteiger partial charge in [-0.2, -0.15) is 0 Å². The van der Waals surface area contributed by atoms with Crippen molar-refractivity contribution >= 4 is 29.0 Å². The van der Waals surface area contributed by atoms with Crippen LogP contribution in [0.3, 0.4) is 0 Å². The van der Waals surface area contributed by atoms with E-state index in [-0.39, 0.29) is 23.6 Å². The number of amides is 2. The van der Waals surface area contributed by atoms with Gasteiger partial charge in [0.15, 0.2) is 0 Å². The number of benzene rings is 1. The fraction of sp³-hybridized carbons (Fsp3) is 0.333. The summed E-state index contributed by atoms with van der Waals surface area (Å²) in [5.74, 6) is -0.688. The predicted octanol–water partition coefficient (Wildman–Crippen LogP) is 3.16. The minimum absolute atomic E-state index is 0.283. The molecule has 1 fully saturated rings. The van der Waals surface area contributed by atoms with Gasteiger partial charge in [-0.15, -0.1) is 0 Å². The van der Waals surface area contributed by atoms with Crippen LogP contribution in [0.15, 0.2) is 29.2 Å². The van der Waals surface area contributed by atoms with Crippen molar-refractivity contribution in [3.05, 3.63) is 40.6 Å². The van der Waals surface area contributed by atoms with Crippen molar-refractivity contribution in [2.75, 3.05) is 19.8 Å². The molecule has 1 aromatic rings. The van der Waals surface area contributed by atoms with Gasteiger partial charge in [-0.3, -0.25) is 19.4 Å². The third-order valence-corrected chi connectivity index (χ3v) is 4.16. The zero-order valence-corrected chi connectivity index (χ0v) is 12.8. The van der Waals surface area contributed by atoms with Gasteiger partial charge in [0.25, 0.3) is 11.1 Å². The number of imide groups is 1. The third kappa shape index (κ3) is 3.71. The van der Waals surface area contributed by atoms with Gasteiger partial charge in [0.1, 0.15) is 5.82 Å². The summed E-state index contributed by atoms with van der Waals surface area (Å²) in [5, 5.41) is -0.283. The highest BCUT2D eigenvalue weighted by Crippen LogP contribution is 2.32. The predicted molar refractivity (Wildman–Crippen MR) is 82.0 cm³/mol. The number of thioether (sulfide) groups is 1. The van der Waals surface area contributed by atoms with Crippen LogP contribution in [0.1, 0.15) is 19.4 Å². The van der Waals surface area contributed by atoms with Crippen molar-refractivity contribution in [2.45, 2.75) is 13.8 Å². The van der Waals surface area contributed by atoms with E-state index in [1.54, 1.807) is 18.2 Å². The van der Waals surface area contributed by atoms with E-state index in [4.69, 9.17) is 0 Å². The van der Waals surface area contributed by atoms with Crippen LogP contribution in [-0.4, -0.2) is 40.7 Å². The molecule has 1 aliphatic rings. The van der Waals surface area contributed by atoms with E-state index in [1.807, 2.05) is 18.7 Å². The van der Waals surface area contributed by atoms with Crippen LogP contribution in [0.5, 0.6) is 0 Å². The number of carbonyl (C=O) groups is 2. The molecule has 0 N–H and O–H groups in total. The second kappa shape index (κ2) is 6.87. The monoisotopic (exact) mass is 308 g/mol. The Morgan fingerprint density at radius 1 is 1.29 bits per heavy atom. The molecular formula is C15H17FN2O2S. The summed E-state index contributed by atoms with van der Waals surface area (Å²) >= 11 is 0.895. The average molecular weight is 308 g/mol. The second-order valence-electron chi connectivity index (χ2n) is 4.61. The van der Waals surface area contributed by atoms with Gasteiger partial charge in [-0.1, -0.05) is 26.0 Å². The lowest BCUT2D eigenvalue weighted by molar-refractivity contribution is -0.124. The topological polar surface area (TPSA) is 40.6 Å². The molecule has 21 heavy (non-hydrogen) atoms. The fourth-order valence-electron chi connectivity index (χ4n) is 1.99. The van der Waals surface area contributed by atoms with Crippen LogP contribution < -0.4 is 0 Å². The van der Waals surface area contributed by atoms with E-state index in [2.05, 4.69) is 0 Å². The molecule has 4 nitrogen and oxygen atoms in total. The first-order valence-electron chi connectivity index (χ1n) is 6.78. The molecule has 1 aromatic carbocycles. The number of nitrogens with zero attached hydrogens (tertiary/aromatic N) is 2. The normalized spacial score (nSPS) is 17.3. The first-order chi connectivity index (χ1) is 10.0. The molecule has 112 valence electrons. The molecule has 2 rings (SSSR count). The van der Waals surface area contributed by atoms with E-state index in [9.17, 15) is 14.0 Å². The van der Waals surface area contributed by atoms with Gasteiger partial charge in [0, 0.05) is 0 Å². The summed E-state index contributed by atoms with van der Waals surface area (Å²) in [7, 11) is 0. The van der Waals surface area contributed by atoms with E-state index in [1.165, 1.54) is 17.0 Å². The highest BCUT2D eigenvalue weighted by Gasteiger charge is 2.35. The molecule has 0 radical (unpaired) electrons. The maximum atomic E-state index is 13.2. The van der Waals surface area contributed by atoms with Crippen LogP contribution in [0.2, 0.25) is 0 Å². The van der Waals surface area contributed by atoms with E-state index >= 15 is 0 Å². The Balaban J connectivity index is 2.17. The molecule has 1 saturated heterocycles. The highest BCUT2D eigenvalue weighted by atomic mass is 32.2. The molecule has 6 heteroatoms. The average Bonchev–Trinajstić information content (AvgIpc) is 2.71. The Kier molecular flexibility index (Phi) is 5.14. The van der Waals surface area contributed by atoms with Crippen molar-refractivity contribution in [1.29, 1.82) is 0 Å².